The van der Waals surface area contributed by atoms with Crippen molar-refractivity contribution < 1.29 is 28.6 Å². The molecule has 0 aromatic heterocycles. The van der Waals surface area contributed by atoms with E-state index in [0.29, 0.717) is 19.3 Å². The number of esters is 3. The third kappa shape index (κ3) is 55.8. The minimum absolute atomic E-state index is 0.0838. The number of hydrogen-bond donors (Lipinski definition) is 0. The van der Waals surface area contributed by atoms with Crippen LogP contribution in [-0.2, 0) is 28.6 Å². The third-order valence-electron chi connectivity index (χ3n) is 12.9. The Hall–Kier alpha value is -3.15. The average molecular weight is 978 g/mol. The molecule has 404 valence electrons. The SMILES string of the molecule is CC/C=C\C/C=C\C/C=C\C/C=C\C/C=C\CCCCCC(=O)OC[C@H](COC(=O)CCCCCCCCCCCCC/C=C\CCCCCCCC)OC(=O)CCCCCCCCCCCCCC. The summed E-state index contributed by atoms with van der Waals surface area (Å²) in [5.41, 5.74) is 0. The van der Waals surface area contributed by atoms with Crippen LogP contribution < -0.4 is 0 Å². The monoisotopic (exact) mass is 977 g/mol. The lowest BCUT2D eigenvalue weighted by atomic mass is 10.0. The van der Waals surface area contributed by atoms with Crippen molar-refractivity contribution in [1.29, 1.82) is 0 Å². The van der Waals surface area contributed by atoms with Crippen molar-refractivity contribution in [2.45, 2.75) is 303 Å². The minimum Gasteiger partial charge on any atom is -0.462 e. The van der Waals surface area contributed by atoms with Gasteiger partial charge in [-0.1, -0.05) is 261 Å². The fourth-order valence-electron chi connectivity index (χ4n) is 8.47. The van der Waals surface area contributed by atoms with Crippen molar-refractivity contribution >= 4 is 17.9 Å². The highest BCUT2D eigenvalue weighted by atomic mass is 16.6. The second-order valence-corrected chi connectivity index (χ2v) is 19.9. The van der Waals surface area contributed by atoms with Crippen LogP contribution >= 0.6 is 0 Å². The zero-order valence-electron chi connectivity index (χ0n) is 46.3. The molecule has 0 radical (unpaired) electrons. The van der Waals surface area contributed by atoms with E-state index in [-0.39, 0.29) is 31.1 Å². The molecule has 0 N–H and O–H groups in total. The Balaban J connectivity index is 4.35. The van der Waals surface area contributed by atoms with E-state index in [1.165, 1.54) is 161 Å². The van der Waals surface area contributed by atoms with Crippen molar-refractivity contribution in [3.05, 3.63) is 72.9 Å². The first-order valence-corrected chi connectivity index (χ1v) is 29.9. The molecule has 0 saturated heterocycles. The number of carbonyl (C=O) groups is 3. The van der Waals surface area contributed by atoms with Gasteiger partial charge in [0.25, 0.3) is 0 Å². The number of hydrogen-bond acceptors (Lipinski definition) is 6. The molecule has 0 aliphatic carbocycles. The summed E-state index contributed by atoms with van der Waals surface area (Å²) in [7, 11) is 0. The predicted octanol–water partition coefficient (Wildman–Crippen LogP) is 20.2. The smallest absolute Gasteiger partial charge is 0.306 e. The molecule has 0 saturated carbocycles. The molecular formula is C64H112O6. The van der Waals surface area contributed by atoms with Crippen LogP contribution in [0.15, 0.2) is 72.9 Å². The van der Waals surface area contributed by atoms with Crippen LogP contribution in [0.25, 0.3) is 0 Å². The molecule has 0 amide bonds. The van der Waals surface area contributed by atoms with Crippen molar-refractivity contribution in [2.75, 3.05) is 13.2 Å². The summed E-state index contributed by atoms with van der Waals surface area (Å²) in [4.78, 5) is 38.2. The zero-order chi connectivity index (χ0) is 50.7. The highest BCUT2D eigenvalue weighted by Gasteiger charge is 2.19. The van der Waals surface area contributed by atoms with E-state index < -0.39 is 6.10 Å². The highest BCUT2D eigenvalue weighted by molar-refractivity contribution is 5.71. The Morgan fingerprint density at radius 3 is 0.900 bits per heavy atom. The Labute approximate surface area is 433 Å². The number of rotatable bonds is 54. The summed E-state index contributed by atoms with van der Waals surface area (Å²) in [5, 5.41) is 0. The molecule has 0 unspecified atom stereocenters. The number of unbranched alkanes of at least 4 members (excludes halogenated alkanes) is 31. The van der Waals surface area contributed by atoms with Gasteiger partial charge in [0, 0.05) is 19.3 Å². The Kier molecular flexibility index (Phi) is 55.8. The molecular weight excluding hydrogens is 865 g/mol. The molecule has 0 bridgehead atoms. The van der Waals surface area contributed by atoms with Crippen LogP contribution in [0, 0.1) is 0 Å². The summed E-state index contributed by atoms with van der Waals surface area (Å²) >= 11 is 0. The van der Waals surface area contributed by atoms with Crippen LogP contribution in [0.5, 0.6) is 0 Å². The van der Waals surface area contributed by atoms with Gasteiger partial charge in [-0.05, 0) is 89.9 Å². The van der Waals surface area contributed by atoms with Gasteiger partial charge >= 0.3 is 17.9 Å². The molecule has 0 aliphatic heterocycles. The fraction of sp³-hybridized carbons (Fsp3) is 0.766. The van der Waals surface area contributed by atoms with E-state index in [4.69, 9.17) is 14.2 Å². The standard InChI is InChI=1S/C64H112O6/c1-4-7-10-13-16-19-22-25-27-29-31-32-34-36-38-40-43-45-48-51-54-57-63(66)69-60-61(70-64(67)58-55-52-49-46-41-24-21-18-15-12-9-6-3)59-68-62(65)56-53-50-47-44-42-39-37-35-33-30-28-26-23-20-17-14-11-8-5-2/h8,11,17,20,25-28,33,35,39,42,61H,4-7,9-10,12-16,18-19,21-24,29-32,34,36-38,40-41,43-60H2,1-3H3/b11-8-,20-17-,27-25-,28-26-,35-33-,42-39-/t61-/m1/s1. The van der Waals surface area contributed by atoms with Crippen molar-refractivity contribution in [3.8, 4) is 0 Å². The molecule has 0 aromatic rings. The van der Waals surface area contributed by atoms with Gasteiger partial charge < -0.3 is 14.2 Å². The van der Waals surface area contributed by atoms with Crippen molar-refractivity contribution in [1.82, 2.24) is 0 Å². The number of carbonyl (C=O) groups excluding carboxylic acids is 3. The summed E-state index contributed by atoms with van der Waals surface area (Å²) in [6, 6.07) is 0. The number of allylic oxidation sites excluding steroid dienone is 12. The van der Waals surface area contributed by atoms with Gasteiger partial charge in [0.15, 0.2) is 6.10 Å². The predicted molar refractivity (Wildman–Crippen MR) is 302 cm³/mol. The molecule has 0 fully saturated rings. The highest BCUT2D eigenvalue weighted by Crippen LogP contribution is 2.16. The molecule has 6 nitrogen and oxygen atoms in total. The Bertz CT molecular complexity index is 1310. The topological polar surface area (TPSA) is 78.9 Å². The molecule has 6 heteroatoms. The van der Waals surface area contributed by atoms with Crippen molar-refractivity contribution in [2.24, 2.45) is 0 Å². The van der Waals surface area contributed by atoms with Crippen LogP contribution in [0.4, 0.5) is 0 Å². The number of ether oxygens (including phenoxy) is 3. The summed E-state index contributed by atoms with van der Waals surface area (Å²) in [6.45, 7) is 6.52. The van der Waals surface area contributed by atoms with E-state index in [1.807, 2.05) is 0 Å². The van der Waals surface area contributed by atoms with Gasteiger partial charge in [-0.3, -0.25) is 14.4 Å². The van der Waals surface area contributed by atoms with Crippen LogP contribution in [0.1, 0.15) is 297 Å². The van der Waals surface area contributed by atoms with E-state index in [2.05, 4.69) is 93.7 Å². The lowest BCUT2D eigenvalue weighted by Crippen LogP contribution is -2.30. The van der Waals surface area contributed by atoms with Gasteiger partial charge in [0.1, 0.15) is 13.2 Å². The third-order valence-corrected chi connectivity index (χ3v) is 12.9. The average Bonchev–Trinajstić information content (AvgIpc) is 3.36. The minimum atomic E-state index is -0.787. The summed E-state index contributed by atoms with van der Waals surface area (Å²) in [6.07, 6.45) is 74.7. The molecule has 70 heavy (non-hydrogen) atoms. The van der Waals surface area contributed by atoms with Crippen LogP contribution in [0.3, 0.4) is 0 Å². The molecule has 0 aliphatic rings. The quantitative estimate of drug-likeness (QED) is 0.0261. The molecule has 0 spiro atoms. The lowest BCUT2D eigenvalue weighted by Gasteiger charge is -2.18. The van der Waals surface area contributed by atoms with Crippen LogP contribution in [-0.4, -0.2) is 37.2 Å². The second kappa shape index (κ2) is 58.4. The second-order valence-electron chi connectivity index (χ2n) is 19.9. The summed E-state index contributed by atoms with van der Waals surface area (Å²) < 4.78 is 16.9. The maximum absolute atomic E-state index is 12.8. The maximum atomic E-state index is 12.8. The normalized spacial score (nSPS) is 12.6. The van der Waals surface area contributed by atoms with Gasteiger partial charge in [-0.2, -0.15) is 0 Å². The molecule has 0 heterocycles. The van der Waals surface area contributed by atoms with Gasteiger partial charge in [0.05, 0.1) is 0 Å². The maximum Gasteiger partial charge on any atom is 0.306 e. The van der Waals surface area contributed by atoms with E-state index >= 15 is 0 Å². The van der Waals surface area contributed by atoms with Gasteiger partial charge in [-0.15, -0.1) is 0 Å². The van der Waals surface area contributed by atoms with E-state index in [9.17, 15) is 14.4 Å². The van der Waals surface area contributed by atoms with Crippen LogP contribution in [0.2, 0.25) is 0 Å². The van der Waals surface area contributed by atoms with Gasteiger partial charge in [-0.25, -0.2) is 0 Å². The first kappa shape index (κ1) is 66.9. The Morgan fingerprint density at radius 2 is 0.557 bits per heavy atom. The molecule has 0 aromatic carbocycles. The molecule has 1 atom stereocenters. The molecule has 0 rings (SSSR count). The van der Waals surface area contributed by atoms with E-state index in [0.717, 1.165) is 96.3 Å². The summed E-state index contributed by atoms with van der Waals surface area (Å²) in [5.74, 6) is -0.907. The van der Waals surface area contributed by atoms with E-state index in [1.54, 1.807) is 0 Å². The largest absolute Gasteiger partial charge is 0.462 e. The van der Waals surface area contributed by atoms with Gasteiger partial charge in [0.2, 0.25) is 0 Å². The first-order valence-electron chi connectivity index (χ1n) is 29.9. The Morgan fingerprint density at radius 1 is 0.300 bits per heavy atom. The first-order chi connectivity index (χ1) is 34.5. The fourth-order valence-corrected chi connectivity index (χ4v) is 8.47. The lowest BCUT2D eigenvalue weighted by molar-refractivity contribution is -0.167. The zero-order valence-corrected chi connectivity index (χ0v) is 46.3. The van der Waals surface area contributed by atoms with Crippen molar-refractivity contribution in [3.63, 3.8) is 0 Å².